The van der Waals surface area contributed by atoms with Gasteiger partial charge in [0.15, 0.2) is 0 Å². The second-order valence-corrected chi connectivity index (χ2v) is 4.89. The van der Waals surface area contributed by atoms with Crippen LogP contribution >= 0.6 is 0 Å². The topological polar surface area (TPSA) is 88.3 Å². The Labute approximate surface area is 130 Å². The van der Waals surface area contributed by atoms with Crippen LogP contribution in [0, 0.1) is 12.7 Å². The van der Waals surface area contributed by atoms with Gasteiger partial charge in [-0.15, -0.1) is 10.2 Å². The molecule has 0 spiro atoms. The first-order valence-corrected chi connectivity index (χ1v) is 6.71. The second-order valence-electron chi connectivity index (χ2n) is 4.89. The highest BCUT2D eigenvalue weighted by molar-refractivity contribution is 6.05. The molecule has 0 aliphatic heterocycles. The fourth-order valence-corrected chi connectivity index (χ4v) is 2.07. The van der Waals surface area contributed by atoms with Gasteiger partial charge in [-0.2, -0.15) is 0 Å². The molecular formula is C16H12FN3O3. The Bertz CT molecular complexity index is 863. The predicted molar refractivity (Wildman–Crippen MR) is 80.5 cm³/mol. The van der Waals surface area contributed by atoms with E-state index in [1.807, 2.05) is 0 Å². The summed E-state index contributed by atoms with van der Waals surface area (Å²) in [5.74, 6) is -1.34. The number of phenolic OH excluding ortho intramolecular Hbond substituents is 1. The lowest BCUT2D eigenvalue weighted by Crippen LogP contribution is -2.14. The Morgan fingerprint density at radius 2 is 2.09 bits per heavy atom. The lowest BCUT2D eigenvalue weighted by Gasteiger charge is -2.10. The summed E-state index contributed by atoms with van der Waals surface area (Å²) in [7, 11) is 0. The van der Waals surface area contributed by atoms with Gasteiger partial charge in [-0.05, 0) is 36.8 Å². The van der Waals surface area contributed by atoms with E-state index in [0.717, 1.165) is 11.6 Å². The molecule has 1 aromatic heterocycles. The van der Waals surface area contributed by atoms with Gasteiger partial charge in [0.25, 0.3) is 5.91 Å². The number of nitrogens with one attached hydrogen (secondary N) is 1. The number of aromatic nitrogens is 2. The summed E-state index contributed by atoms with van der Waals surface area (Å²) >= 11 is 0. The van der Waals surface area contributed by atoms with Crippen molar-refractivity contribution in [2.45, 2.75) is 6.92 Å². The average Bonchev–Trinajstić information content (AvgIpc) is 3.03. The highest BCUT2D eigenvalue weighted by atomic mass is 19.1. The van der Waals surface area contributed by atoms with Crippen LogP contribution in [0.3, 0.4) is 0 Å². The third-order valence-electron chi connectivity index (χ3n) is 3.29. The van der Waals surface area contributed by atoms with Crippen LogP contribution in [-0.4, -0.2) is 21.2 Å². The molecule has 0 fully saturated rings. The van der Waals surface area contributed by atoms with Crippen molar-refractivity contribution in [2.24, 2.45) is 0 Å². The molecule has 0 aliphatic rings. The Balaban J connectivity index is 1.90. The molecule has 0 saturated heterocycles. The number of aryl methyl sites for hydroxylation is 1. The molecule has 0 radical (unpaired) electrons. The van der Waals surface area contributed by atoms with Crippen molar-refractivity contribution in [3.05, 3.63) is 59.7 Å². The smallest absolute Gasteiger partial charge is 0.258 e. The van der Waals surface area contributed by atoms with Crippen LogP contribution in [0.5, 0.6) is 5.75 Å². The number of phenols is 1. The van der Waals surface area contributed by atoms with Gasteiger partial charge in [0.05, 0.1) is 5.56 Å². The molecule has 0 atom stereocenters. The first-order valence-electron chi connectivity index (χ1n) is 6.71. The summed E-state index contributed by atoms with van der Waals surface area (Å²) in [5, 5.41) is 19.2. The van der Waals surface area contributed by atoms with E-state index >= 15 is 0 Å². The van der Waals surface area contributed by atoms with Crippen LogP contribution in [0.1, 0.15) is 15.9 Å². The fraction of sp³-hybridized carbons (Fsp3) is 0.0625. The zero-order chi connectivity index (χ0) is 16.4. The summed E-state index contributed by atoms with van der Waals surface area (Å²) in [4.78, 5) is 12.2. The number of hydrogen-bond donors (Lipinski definition) is 2. The quantitative estimate of drug-likeness (QED) is 0.775. The van der Waals surface area contributed by atoms with Crippen LogP contribution in [0.4, 0.5) is 10.1 Å². The minimum Gasteiger partial charge on any atom is -0.508 e. The third-order valence-corrected chi connectivity index (χ3v) is 3.29. The van der Waals surface area contributed by atoms with Gasteiger partial charge in [0.1, 0.15) is 11.6 Å². The van der Waals surface area contributed by atoms with E-state index in [9.17, 15) is 14.3 Å². The van der Waals surface area contributed by atoms with Crippen molar-refractivity contribution >= 4 is 11.6 Å². The molecule has 0 unspecified atom stereocenters. The maximum atomic E-state index is 13.8. The maximum Gasteiger partial charge on any atom is 0.258 e. The first-order chi connectivity index (χ1) is 11.0. The summed E-state index contributed by atoms with van der Waals surface area (Å²) in [6, 6.07) is 8.58. The molecule has 3 rings (SSSR count). The van der Waals surface area contributed by atoms with Gasteiger partial charge in [-0.1, -0.05) is 6.07 Å². The second kappa shape index (κ2) is 5.88. The molecule has 2 aromatic carbocycles. The predicted octanol–water partition coefficient (Wildman–Crippen LogP) is 3.14. The number of aromatic hydroxyl groups is 1. The van der Waals surface area contributed by atoms with Crippen molar-refractivity contribution in [3.8, 4) is 17.2 Å². The van der Waals surface area contributed by atoms with Crippen LogP contribution in [-0.2, 0) is 0 Å². The number of carbonyl (C=O) groups excluding carboxylic acids is 1. The molecule has 116 valence electrons. The minimum atomic E-state index is -0.798. The largest absolute Gasteiger partial charge is 0.508 e. The van der Waals surface area contributed by atoms with Crippen molar-refractivity contribution in [1.82, 2.24) is 10.2 Å². The molecule has 0 saturated carbocycles. The standard InChI is InChI=1S/C16H12FN3O3/c1-9-2-3-10(16-20-18-8-23-16)6-14(9)19-15(22)12-5-4-11(21)7-13(12)17/h2-8,21H,1H3,(H,19,22). The summed E-state index contributed by atoms with van der Waals surface area (Å²) in [6.07, 6.45) is 1.21. The fourth-order valence-electron chi connectivity index (χ4n) is 2.07. The maximum absolute atomic E-state index is 13.8. The van der Waals surface area contributed by atoms with Gasteiger partial charge >= 0.3 is 0 Å². The summed E-state index contributed by atoms with van der Waals surface area (Å²) in [5.41, 5.74) is 1.76. The van der Waals surface area contributed by atoms with Crippen molar-refractivity contribution < 1.29 is 18.7 Å². The number of amides is 1. The third kappa shape index (κ3) is 3.03. The van der Waals surface area contributed by atoms with Crippen LogP contribution in [0.15, 0.2) is 47.2 Å². The number of rotatable bonds is 3. The molecule has 1 amide bonds. The van der Waals surface area contributed by atoms with Gasteiger partial charge < -0.3 is 14.8 Å². The zero-order valence-corrected chi connectivity index (χ0v) is 12.1. The molecule has 6 nitrogen and oxygen atoms in total. The molecule has 2 N–H and O–H groups in total. The Morgan fingerprint density at radius 1 is 1.26 bits per heavy atom. The molecule has 23 heavy (non-hydrogen) atoms. The number of carbonyl (C=O) groups is 1. The Hall–Kier alpha value is -3.22. The summed E-state index contributed by atoms with van der Waals surface area (Å²) < 4.78 is 18.9. The van der Waals surface area contributed by atoms with E-state index in [2.05, 4.69) is 15.5 Å². The molecule has 3 aromatic rings. The van der Waals surface area contributed by atoms with Crippen LogP contribution in [0.2, 0.25) is 0 Å². The van der Waals surface area contributed by atoms with Gasteiger partial charge in [0, 0.05) is 17.3 Å². The zero-order valence-electron chi connectivity index (χ0n) is 12.1. The van der Waals surface area contributed by atoms with Crippen molar-refractivity contribution in [2.75, 3.05) is 5.32 Å². The average molecular weight is 313 g/mol. The molecule has 1 heterocycles. The molecular weight excluding hydrogens is 301 g/mol. The number of benzene rings is 2. The van der Waals surface area contributed by atoms with Crippen LogP contribution < -0.4 is 5.32 Å². The van der Waals surface area contributed by atoms with Crippen LogP contribution in [0.25, 0.3) is 11.5 Å². The van der Waals surface area contributed by atoms with Gasteiger partial charge in [0.2, 0.25) is 12.3 Å². The Morgan fingerprint density at radius 3 is 2.78 bits per heavy atom. The highest BCUT2D eigenvalue weighted by Gasteiger charge is 2.14. The van der Waals surface area contributed by atoms with Crippen molar-refractivity contribution in [3.63, 3.8) is 0 Å². The van der Waals surface area contributed by atoms with E-state index in [1.54, 1.807) is 25.1 Å². The van der Waals surface area contributed by atoms with E-state index in [4.69, 9.17) is 4.42 Å². The Kier molecular flexibility index (Phi) is 3.76. The van der Waals surface area contributed by atoms with Gasteiger partial charge in [-0.25, -0.2) is 4.39 Å². The SMILES string of the molecule is Cc1ccc(-c2nnco2)cc1NC(=O)c1ccc(O)cc1F. The highest BCUT2D eigenvalue weighted by Crippen LogP contribution is 2.25. The number of halogens is 1. The van der Waals surface area contributed by atoms with Gasteiger partial charge in [-0.3, -0.25) is 4.79 Å². The van der Waals surface area contributed by atoms with E-state index in [-0.39, 0.29) is 11.3 Å². The normalized spacial score (nSPS) is 10.5. The lowest BCUT2D eigenvalue weighted by molar-refractivity contribution is 0.102. The molecule has 0 aliphatic carbocycles. The molecule has 7 heteroatoms. The van der Waals surface area contributed by atoms with E-state index < -0.39 is 11.7 Å². The molecule has 0 bridgehead atoms. The summed E-state index contributed by atoms with van der Waals surface area (Å²) in [6.45, 7) is 1.81. The lowest BCUT2D eigenvalue weighted by atomic mass is 10.1. The number of hydrogen-bond acceptors (Lipinski definition) is 5. The minimum absolute atomic E-state index is 0.162. The van der Waals surface area contributed by atoms with E-state index in [0.29, 0.717) is 17.1 Å². The van der Waals surface area contributed by atoms with E-state index in [1.165, 1.54) is 18.5 Å². The first kappa shape index (κ1) is 14.7. The number of nitrogens with zero attached hydrogens (tertiary/aromatic N) is 2. The number of anilines is 1. The van der Waals surface area contributed by atoms with Crippen molar-refractivity contribution in [1.29, 1.82) is 0 Å². The monoisotopic (exact) mass is 313 g/mol.